The molecule has 5 atom stereocenters. The lowest BCUT2D eigenvalue weighted by atomic mass is 9.93. The molecule has 8 nitrogen and oxygen atoms in total. The highest BCUT2D eigenvalue weighted by molar-refractivity contribution is 5.84. The Kier molecular flexibility index (Phi) is 4.43. The summed E-state index contributed by atoms with van der Waals surface area (Å²) in [5.41, 5.74) is 11.2. The van der Waals surface area contributed by atoms with E-state index in [1.807, 2.05) is 0 Å². The van der Waals surface area contributed by atoms with E-state index in [9.17, 15) is 15.0 Å². The maximum Gasteiger partial charge on any atom is 0.370 e. The van der Waals surface area contributed by atoms with Crippen LogP contribution in [0.4, 0.5) is 0 Å². The third-order valence-electron chi connectivity index (χ3n) is 2.56. The lowest BCUT2D eigenvalue weighted by molar-refractivity contribution is -0.144. The highest BCUT2D eigenvalue weighted by Gasteiger charge is 2.39. The van der Waals surface area contributed by atoms with Crippen LogP contribution in [0, 0.1) is 0 Å². The van der Waals surface area contributed by atoms with Gasteiger partial charge in [-0.25, -0.2) is 4.79 Å². The number of aliphatic carboxylic acids is 1. The second kappa shape index (κ2) is 5.43. The molecule has 0 saturated heterocycles. The molecule has 0 aromatic heterocycles. The number of ether oxygens (including phenoxy) is 1. The van der Waals surface area contributed by atoms with Crippen LogP contribution in [0.5, 0.6) is 0 Å². The lowest BCUT2D eigenvalue weighted by Gasteiger charge is -2.36. The van der Waals surface area contributed by atoms with Crippen molar-refractivity contribution in [2.45, 2.75) is 30.4 Å². The summed E-state index contributed by atoms with van der Waals surface area (Å²) in [6, 6.07) is -1.70. The zero-order chi connectivity index (χ0) is 13.2. The van der Waals surface area contributed by atoms with Gasteiger partial charge in [0.15, 0.2) is 0 Å². The van der Waals surface area contributed by atoms with Crippen molar-refractivity contribution in [2.24, 2.45) is 11.5 Å². The van der Waals surface area contributed by atoms with Crippen LogP contribution in [0.15, 0.2) is 11.8 Å². The van der Waals surface area contributed by atoms with Crippen molar-refractivity contribution in [1.82, 2.24) is 0 Å². The van der Waals surface area contributed by atoms with Gasteiger partial charge in [-0.15, -0.1) is 0 Å². The number of nitrogens with two attached hydrogens (primary N) is 2. The van der Waals surface area contributed by atoms with Gasteiger partial charge in [0.1, 0.15) is 18.3 Å². The minimum atomic E-state index is -1.52. The summed E-state index contributed by atoms with van der Waals surface area (Å²) in [5, 5.41) is 36.4. The maximum atomic E-state index is 10.7. The van der Waals surface area contributed by atoms with Gasteiger partial charge < -0.3 is 36.6 Å². The van der Waals surface area contributed by atoms with Gasteiger partial charge in [0, 0.05) is 6.04 Å². The molecule has 0 aliphatic carbocycles. The standard InChI is InChI=1S/C9H16N2O6/c10-3-1-5(9(15)16)17-8(6(3)11)7(14)4(13)2-12/h1,3-4,6-8,12-14H,2,10-11H2,(H,15,16)/t3-,4-,6+,7-,8+/m0/s1. The number of carbonyl (C=O) groups is 1. The minimum Gasteiger partial charge on any atom is -0.479 e. The second-order valence-electron chi connectivity index (χ2n) is 3.81. The van der Waals surface area contributed by atoms with Crippen molar-refractivity contribution in [3.8, 4) is 0 Å². The van der Waals surface area contributed by atoms with E-state index in [0.29, 0.717) is 0 Å². The molecule has 0 saturated carbocycles. The summed E-state index contributed by atoms with van der Waals surface area (Å²) >= 11 is 0. The van der Waals surface area contributed by atoms with E-state index < -0.39 is 48.7 Å². The third-order valence-corrected chi connectivity index (χ3v) is 2.56. The zero-order valence-electron chi connectivity index (χ0n) is 8.93. The molecule has 8 heteroatoms. The SMILES string of the molecule is N[C@H]1[C@H]([C@@H](O)[C@@H](O)CO)OC(C(=O)O)=C[C@@H]1N. The summed E-state index contributed by atoms with van der Waals surface area (Å²) < 4.78 is 4.95. The summed E-state index contributed by atoms with van der Waals surface area (Å²) in [4.78, 5) is 10.7. The Hall–Kier alpha value is -1.19. The van der Waals surface area contributed by atoms with Gasteiger partial charge in [-0.2, -0.15) is 0 Å². The fraction of sp³-hybridized carbons (Fsp3) is 0.667. The Morgan fingerprint density at radius 3 is 2.53 bits per heavy atom. The monoisotopic (exact) mass is 248 g/mol. The van der Waals surface area contributed by atoms with Crippen LogP contribution in [0.1, 0.15) is 0 Å². The highest BCUT2D eigenvalue weighted by atomic mass is 16.5. The van der Waals surface area contributed by atoms with Gasteiger partial charge in [0.2, 0.25) is 5.76 Å². The van der Waals surface area contributed by atoms with Crippen LogP contribution in [0.3, 0.4) is 0 Å². The van der Waals surface area contributed by atoms with Crippen molar-refractivity contribution >= 4 is 5.97 Å². The first-order valence-electron chi connectivity index (χ1n) is 4.98. The number of hydrogen-bond donors (Lipinski definition) is 6. The number of aliphatic hydroxyl groups excluding tert-OH is 3. The smallest absolute Gasteiger partial charge is 0.370 e. The first kappa shape index (κ1) is 13.9. The predicted molar refractivity (Wildman–Crippen MR) is 55.6 cm³/mol. The average molecular weight is 248 g/mol. The molecular weight excluding hydrogens is 232 g/mol. The second-order valence-corrected chi connectivity index (χ2v) is 3.81. The van der Waals surface area contributed by atoms with Crippen LogP contribution < -0.4 is 11.5 Å². The van der Waals surface area contributed by atoms with E-state index in [2.05, 4.69) is 0 Å². The Labute approximate surface area is 97.1 Å². The number of rotatable bonds is 4. The van der Waals surface area contributed by atoms with E-state index in [4.69, 9.17) is 26.4 Å². The van der Waals surface area contributed by atoms with Gasteiger partial charge in [0.05, 0.1) is 12.6 Å². The average Bonchev–Trinajstić information content (AvgIpc) is 2.30. The van der Waals surface area contributed by atoms with Gasteiger partial charge in [-0.1, -0.05) is 0 Å². The topological polar surface area (TPSA) is 159 Å². The van der Waals surface area contributed by atoms with Crippen LogP contribution >= 0.6 is 0 Å². The first-order valence-corrected chi connectivity index (χ1v) is 4.98. The van der Waals surface area contributed by atoms with E-state index in [-0.39, 0.29) is 0 Å². The predicted octanol–water partition coefficient (Wildman–Crippen LogP) is -3.28. The van der Waals surface area contributed by atoms with Gasteiger partial charge in [-0.05, 0) is 6.08 Å². The normalized spacial score (nSPS) is 32.3. The molecule has 0 amide bonds. The molecule has 17 heavy (non-hydrogen) atoms. The molecule has 0 unspecified atom stereocenters. The Morgan fingerprint density at radius 2 is 2.06 bits per heavy atom. The van der Waals surface area contributed by atoms with Crippen molar-refractivity contribution in [3.05, 3.63) is 11.8 Å². The maximum absolute atomic E-state index is 10.7. The summed E-state index contributed by atoms with van der Waals surface area (Å²) in [6.07, 6.45) is -3.07. The van der Waals surface area contributed by atoms with E-state index >= 15 is 0 Å². The molecule has 0 aromatic carbocycles. The molecule has 1 aliphatic rings. The molecule has 1 heterocycles. The van der Waals surface area contributed by atoms with Gasteiger partial charge in [-0.3, -0.25) is 0 Å². The number of carboxylic acids is 1. The Morgan fingerprint density at radius 1 is 1.47 bits per heavy atom. The molecule has 98 valence electrons. The van der Waals surface area contributed by atoms with Crippen LogP contribution in [0.25, 0.3) is 0 Å². The van der Waals surface area contributed by atoms with Crippen LogP contribution in [-0.2, 0) is 9.53 Å². The largest absolute Gasteiger partial charge is 0.479 e. The molecule has 1 rings (SSSR count). The number of aliphatic hydroxyl groups is 3. The summed E-state index contributed by atoms with van der Waals surface area (Å²) in [5.74, 6) is -1.78. The molecule has 0 fully saturated rings. The molecular formula is C9H16N2O6. The fourth-order valence-corrected chi connectivity index (χ4v) is 1.52. The van der Waals surface area contributed by atoms with Crippen molar-refractivity contribution in [1.29, 1.82) is 0 Å². The molecule has 0 radical (unpaired) electrons. The Bertz CT molecular complexity index is 321. The van der Waals surface area contributed by atoms with E-state index in [0.717, 1.165) is 6.08 Å². The van der Waals surface area contributed by atoms with E-state index in [1.54, 1.807) is 0 Å². The zero-order valence-corrected chi connectivity index (χ0v) is 8.93. The molecule has 0 spiro atoms. The number of carboxylic acid groups (broad SMARTS) is 1. The third kappa shape index (κ3) is 2.93. The quantitative estimate of drug-likeness (QED) is 0.302. The molecule has 0 aromatic rings. The summed E-state index contributed by atoms with van der Waals surface area (Å²) in [6.45, 7) is -0.699. The van der Waals surface area contributed by atoms with Crippen molar-refractivity contribution in [2.75, 3.05) is 6.61 Å². The fourth-order valence-electron chi connectivity index (χ4n) is 1.52. The Balaban J connectivity index is 2.87. The molecule has 8 N–H and O–H groups in total. The van der Waals surface area contributed by atoms with Crippen molar-refractivity contribution in [3.63, 3.8) is 0 Å². The lowest BCUT2D eigenvalue weighted by Crippen LogP contribution is -2.59. The van der Waals surface area contributed by atoms with Crippen LogP contribution in [-0.4, -0.2) is 63.4 Å². The van der Waals surface area contributed by atoms with E-state index in [1.165, 1.54) is 0 Å². The first-order chi connectivity index (χ1) is 7.88. The van der Waals surface area contributed by atoms with Crippen LogP contribution in [0.2, 0.25) is 0 Å². The molecule has 0 bridgehead atoms. The van der Waals surface area contributed by atoms with Crippen molar-refractivity contribution < 1.29 is 30.0 Å². The number of hydrogen-bond acceptors (Lipinski definition) is 7. The van der Waals surface area contributed by atoms with Gasteiger partial charge in [0.25, 0.3) is 0 Å². The highest BCUT2D eigenvalue weighted by Crippen LogP contribution is 2.20. The minimum absolute atomic E-state index is 0.437. The summed E-state index contributed by atoms with van der Waals surface area (Å²) in [7, 11) is 0. The van der Waals surface area contributed by atoms with Gasteiger partial charge >= 0.3 is 5.97 Å². The molecule has 1 aliphatic heterocycles.